The predicted molar refractivity (Wildman–Crippen MR) is 517 cm³/mol. The van der Waals surface area contributed by atoms with Crippen LogP contribution in [0.15, 0.2) is 218 Å². The summed E-state index contributed by atoms with van der Waals surface area (Å²) in [4.78, 5) is 136. The largest absolute Gasteiger partial charge is 0.497 e. The first-order chi connectivity index (χ1) is 65.4. The fourth-order valence-electron chi connectivity index (χ4n) is 18.1. The van der Waals surface area contributed by atoms with Gasteiger partial charge in [0.1, 0.15) is 23.0 Å². The number of methoxy groups -OCH3 is 2. The van der Waals surface area contributed by atoms with Crippen molar-refractivity contribution in [3.8, 4) is 23.0 Å². The molecule has 0 radical (unpaired) electrons. The Balaban J connectivity index is 0.000000117. The van der Waals surface area contributed by atoms with Gasteiger partial charge in [-0.1, -0.05) is 133 Å². The van der Waals surface area contributed by atoms with Gasteiger partial charge >= 0.3 is 6.61 Å². The third kappa shape index (κ3) is 23.8. The summed E-state index contributed by atoms with van der Waals surface area (Å²) in [6, 6.07) is 50.7. The van der Waals surface area contributed by atoms with Gasteiger partial charge in [0.15, 0.2) is 0 Å². The summed E-state index contributed by atoms with van der Waals surface area (Å²) in [5.74, 6) is 4.54. The molecule has 5 aliphatic carbocycles. The minimum Gasteiger partial charge on any atom is -0.497 e. The first-order valence-electron chi connectivity index (χ1n) is 46.7. The number of fused-ring (bicyclic) bond motifs is 1. The fourth-order valence-corrected chi connectivity index (χ4v) is 18.5. The third-order valence-corrected chi connectivity index (χ3v) is 26.9. The second-order valence-electron chi connectivity index (χ2n) is 36.2. The number of aromatic nitrogens is 5. The van der Waals surface area contributed by atoms with Crippen LogP contribution in [0.5, 0.6) is 23.0 Å². The summed E-state index contributed by atoms with van der Waals surface area (Å²) in [7, 11) is 3.20. The number of hydrogen-bond donors (Lipinski definition) is 10. The van der Waals surface area contributed by atoms with E-state index in [1.807, 2.05) is 140 Å². The normalized spacial score (nSPS) is 20.3. The summed E-state index contributed by atoms with van der Waals surface area (Å²) < 4.78 is 45.4. The molecular formula is C107H108Cl2F2N10O14. The molecule has 5 saturated heterocycles. The van der Waals surface area contributed by atoms with Gasteiger partial charge in [0.2, 0.25) is 29.5 Å². The zero-order valence-corrected chi connectivity index (χ0v) is 76.8. The van der Waals surface area contributed by atoms with Crippen molar-refractivity contribution >= 4 is 80.6 Å². The van der Waals surface area contributed by atoms with Crippen molar-refractivity contribution in [2.75, 3.05) is 20.8 Å². The molecule has 0 bridgehead atoms. The van der Waals surface area contributed by atoms with Crippen LogP contribution in [0.3, 0.4) is 0 Å². The first kappa shape index (κ1) is 93.4. The molecule has 11 aliphatic rings. The SMILES string of the molecule is CCc1cc(/C(=C\[C@H]2CCC(=O)N2)c2ccc(C3CC3)c(=O)[nH]2)ccc1Cl.COc1cc(/C(=C\[C@H]2CCC(=O)N2)c2ccc(C3CC3)c(=O)[nH]2)ccc1Cl.COc1ccc(/C(=C\[C@H]2CCC(=O)N2)c2ccc(C3CC3)c(=O)[nH]2)cc1.O=C1CC[C@H](/C=C(\c2ccc(OC(F)F)cc2)c2ccc(C3CC3)c(=O)[nH]2)N1.O=C1CC[C@H](/C=C(\c2ccc3c(c2)CCO3)c2ccc(C3CC3)c(=O)[nH]2)N1. The van der Waals surface area contributed by atoms with E-state index in [0.717, 1.165) is 231 Å². The number of hydrogen-bond acceptors (Lipinski definition) is 14. The molecule has 0 spiro atoms. The molecular weight excluding hydrogens is 1760 g/mol. The first-order valence-corrected chi connectivity index (χ1v) is 47.5. The van der Waals surface area contributed by atoms with Crippen molar-refractivity contribution in [2.24, 2.45) is 0 Å². The maximum Gasteiger partial charge on any atom is 0.387 e. The van der Waals surface area contributed by atoms with Crippen molar-refractivity contribution in [1.29, 1.82) is 0 Å². The number of benzene rings is 5. The molecule has 5 aromatic carbocycles. The second kappa shape index (κ2) is 42.0. The summed E-state index contributed by atoms with van der Waals surface area (Å²) in [6.45, 7) is -0.109. The van der Waals surface area contributed by atoms with E-state index >= 15 is 0 Å². The number of H-pyrrole nitrogens is 5. The quantitative estimate of drug-likeness (QED) is 0.0254. The lowest BCUT2D eigenvalue weighted by molar-refractivity contribution is -0.120. The van der Waals surface area contributed by atoms with Crippen LogP contribution in [-0.2, 0) is 36.8 Å². The van der Waals surface area contributed by atoms with E-state index < -0.39 is 6.61 Å². The van der Waals surface area contributed by atoms with E-state index in [0.29, 0.717) is 91.2 Å². The maximum atomic E-state index is 12.6. The Bertz CT molecular complexity index is 6350. The molecule has 10 fully saturated rings. The highest BCUT2D eigenvalue weighted by Crippen LogP contribution is 2.44. The monoisotopic (exact) mass is 1860 g/mol. The number of carbonyl (C=O) groups is 5. The third-order valence-electron chi connectivity index (χ3n) is 26.2. The van der Waals surface area contributed by atoms with E-state index in [2.05, 4.69) is 87.4 Å². The number of amides is 5. The zero-order chi connectivity index (χ0) is 94.1. The molecule has 5 atom stereocenters. The molecule has 5 aromatic heterocycles. The molecule has 10 N–H and O–H groups in total. The molecule has 28 heteroatoms. The van der Waals surface area contributed by atoms with Crippen LogP contribution in [0.4, 0.5) is 8.78 Å². The van der Waals surface area contributed by atoms with E-state index in [1.165, 1.54) is 17.7 Å². The molecule has 5 amide bonds. The number of nitrogens with one attached hydrogen (secondary N) is 10. The van der Waals surface area contributed by atoms with E-state index in [9.17, 15) is 56.7 Å². The summed E-state index contributed by atoms with van der Waals surface area (Å²) in [6.07, 6.45) is 28.9. The molecule has 21 rings (SSSR count). The average molecular weight is 1870 g/mol. The number of aromatic amines is 5. The lowest BCUT2D eigenvalue weighted by Gasteiger charge is -2.14. The van der Waals surface area contributed by atoms with Gasteiger partial charge in [-0.2, -0.15) is 8.78 Å². The van der Waals surface area contributed by atoms with Crippen molar-refractivity contribution in [1.82, 2.24) is 51.5 Å². The fraction of sp³-hybridized carbons (Fsp3) is 0.346. The molecule has 11 heterocycles. The minimum atomic E-state index is -2.89. The van der Waals surface area contributed by atoms with Crippen molar-refractivity contribution in [2.45, 2.75) is 215 Å². The summed E-state index contributed by atoms with van der Waals surface area (Å²) in [5, 5.41) is 16.1. The van der Waals surface area contributed by atoms with Crippen LogP contribution in [0.1, 0.15) is 260 Å². The average Bonchev–Trinajstić information content (AvgIpc) is 1.64. The van der Waals surface area contributed by atoms with Crippen LogP contribution in [-0.4, -0.2) is 112 Å². The highest BCUT2D eigenvalue weighted by molar-refractivity contribution is 6.32. The number of ether oxygens (including phenoxy) is 4. The van der Waals surface area contributed by atoms with Gasteiger partial charge in [0.05, 0.1) is 25.8 Å². The Morgan fingerprint density at radius 1 is 0.348 bits per heavy atom. The Kier molecular flexibility index (Phi) is 29.0. The van der Waals surface area contributed by atoms with Crippen molar-refractivity contribution < 1.29 is 51.7 Å². The predicted octanol–water partition coefficient (Wildman–Crippen LogP) is 17.2. The molecule has 10 aromatic rings. The van der Waals surface area contributed by atoms with Crippen LogP contribution >= 0.6 is 23.2 Å². The highest BCUT2D eigenvalue weighted by atomic mass is 35.5. The van der Waals surface area contributed by atoms with Crippen molar-refractivity contribution in [3.05, 3.63) is 351 Å². The van der Waals surface area contributed by atoms with Crippen LogP contribution < -0.4 is 73.3 Å². The Hall–Kier alpha value is -13.5. The van der Waals surface area contributed by atoms with Crippen LogP contribution in [0, 0.1) is 0 Å². The number of aryl methyl sites for hydroxylation is 1. The van der Waals surface area contributed by atoms with Gasteiger partial charge in [-0.15, -0.1) is 0 Å². The molecule has 24 nitrogen and oxygen atoms in total. The summed E-state index contributed by atoms with van der Waals surface area (Å²) >= 11 is 12.5. The topological polar surface area (TPSA) is 347 Å². The molecule has 5 saturated carbocycles. The Labute approximate surface area is 788 Å². The maximum absolute atomic E-state index is 12.6. The zero-order valence-electron chi connectivity index (χ0n) is 75.3. The molecule has 6 aliphatic heterocycles. The van der Waals surface area contributed by atoms with E-state index in [1.54, 1.807) is 32.4 Å². The minimum absolute atomic E-state index is 0.000788. The Morgan fingerprint density at radius 3 is 0.933 bits per heavy atom. The van der Waals surface area contributed by atoms with Crippen molar-refractivity contribution in [3.63, 3.8) is 0 Å². The van der Waals surface area contributed by atoms with Gasteiger partial charge < -0.3 is 70.5 Å². The van der Waals surface area contributed by atoms with Gasteiger partial charge in [-0.05, 0) is 262 Å². The van der Waals surface area contributed by atoms with E-state index in [4.69, 9.17) is 37.4 Å². The van der Waals surface area contributed by atoms with Gasteiger partial charge in [-0.3, -0.25) is 47.9 Å². The number of carbonyl (C=O) groups excluding carboxylic acids is 5. The number of alkyl halides is 2. The second-order valence-corrected chi connectivity index (χ2v) is 37.0. The van der Waals surface area contributed by atoms with Gasteiger partial charge in [0, 0.05) is 158 Å². The number of halogens is 4. The number of pyridine rings is 5. The van der Waals surface area contributed by atoms with E-state index in [-0.39, 0.29) is 93.3 Å². The summed E-state index contributed by atoms with van der Waals surface area (Å²) in [5.41, 5.74) is 19.0. The molecule has 0 unspecified atom stereocenters. The van der Waals surface area contributed by atoms with Crippen LogP contribution in [0.2, 0.25) is 10.0 Å². The molecule has 135 heavy (non-hydrogen) atoms. The van der Waals surface area contributed by atoms with Gasteiger partial charge in [0.25, 0.3) is 27.8 Å². The standard InChI is InChI=1S/C22H23ClN2O2.C22H22N2O3.C21H21ClN2O3.C21H20F2N2O3.C21H22N2O3/c1-2-13-11-15(5-8-19(13)23)18(12-16-6-10-21(26)24-16)20-9-7-17(14-3-4-14)22(27)25-20;25-21-8-4-16(23-21)12-18(14-3-7-20-15(11-14)9-10-27-20)19-6-5-17(13-1-2-13)22(26)24-19;1-27-19-10-13(4-7-17(19)22)16(11-14-5-9-20(25)23-14)18-8-6-15(12-2-3-12)21(26)24-18;22-21(23)28-15-6-3-13(4-7-15)17(11-14-5-10-19(26)24-14)18-9-8-16(12-1-2-12)20(27)25-18;1-26-16-7-4-14(5-8-16)18(12-15-6-11-20(24)22-15)19-10-9-17(13-2-3-13)21(25)23-19/h5,7-9,11-12,14,16H,2-4,6,10H2,1H3,(H,24,26)(H,25,27);3,5-7,11-13,16H,1-2,4,8-10H2,(H,23,25)(H,24,26);4,6-8,10-12,14H,2-3,5,9H2,1H3,(H,23,25)(H,24,26);3-4,6-9,11-12,14,21H,1-2,5,10H2,(H,24,26)(H,25,27);4-5,7-10,12-13,15H,2-3,6,11H2,1H3,(H,22,24)(H,23,25)/b2*18-12+;16-11+;17-11+;18-12+/t2*16-;2*14-;15-/m11111/s1. The Morgan fingerprint density at radius 2 is 0.644 bits per heavy atom. The lowest BCUT2D eigenvalue weighted by Crippen LogP contribution is -2.23. The smallest absolute Gasteiger partial charge is 0.387 e. The highest BCUT2D eigenvalue weighted by Gasteiger charge is 2.34. The van der Waals surface area contributed by atoms with Crippen LogP contribution in [0.25, 0.3) is 27.9 Å². The lowest BCUT2D eigenvalue weighted by atomic mass is 9.96. The van der Waals surface area contributed by atoms with Gasteiger partial charge in [-0.25, -0.2) is 0 Å². The molecule has 698 valence electrons. The number of rotatable bonds is 25.